The summed E-state index contributed by atoms with van der Waals surface area (Å²) >= 11 is 0. The molecular weight excluding hydrogens is 286 g/mol. The summed E-state index contributed by atoms with van der Waals surface area (Å²) in [4.78, 5) is 8.75. The first-order valence-corrected chi connectivity index (χ1v) is 8.23. The van der Waals surface area contributed by atoms with E-state index in [4.69, 9.17) is 0 Å². The maximum absolute atomic E-state index is 4.67. The van der Waals surface area contributed by atoms with Crippen LogP contribution in [0.5, 0.6) is 0 Å². The average molecular weight is 313 g/mol. The Morgan fingerprint density at radius 3 is 2.78 bits per heavy atom. The predicted octanol–water partition coefficient (Wildman–Crippen LogP) is 2.64. The molecule has 23 heavy (non-hydrogen) atoms. The highest BCUT2D eigenvalue weighted by Crippen LogP contribution is 2.08. The molecule has 5 heteroatoms. The van der Waals surface area contributed by atoms with Gasteiger partial charge in [-0.1, -0.05) is 38.1 Å². The van der Waals surface area contributed by atoms with Crippen LogP contribution in [-0.2, 0) is 13.1 Å². The van der Waals surface area contributed by atoms with Gasteiger partial charge in [0.25, 0.3) is 0 Å². The molecule has 0 unspecified atom stereocenters. The first-order valence-electron chi connectivity index (χ1n) is 8.23. The molecule has 0 saturated heterocycles. The molecule has 1 aromatic carbocycles. The number of aromatic nitrogens is 2. The molecule has 0 amide bonds. The summed E-state index contributed by atoms with van der Waals surface area (Å²) in [6.45, 7) is 9.76. The van der Waals surface area contributed by atoms with Gasteiger partial charge in [0, 0.05) is 32.0 Å². The van der Waals surface area contributed by atoms with E-state index >= 15 is 0 Å². The van der Waals surface area contributed by atoms with E-state index in [9.17, 15) is 0 Å². The van der Waals surface area contributed by atoms with Gasteiger partial charge in [0.1, 0.15) is 0 Å². The van der Waals surface area contributed by atoms with Gasteiger partial charge in [-0.15, -0.1) is 0 Å². The molecule has 0 aliphatic rings. The van der Waals surface area contributed by atoms with Gasteiger partial charge < -0.3 is 15.2 Å². The highest BCUT2D eigenvalue weighted by atomic mass is 15.2. The average Bonchev–Trinajstić information content (AvgIpc) is 3.03. The first-order chi connectivity index (χ1) is 11.2. The van der Waals surface area contributed by atoms with Crippen molar-refractivity contribution in [1.29, 1.82) is 0 Å². The zero-order chi connectivity index (χ0) is 16.5. The number of rotatable bonds is 7. The third-order valence-corrected chi connectivity index (χ3v) is 3.36. The smallest absolute Gasteiger partial charge is 0.191 e. The van der Waals surface area contributed by atoms with E-state index in [0.717, 1.165) is 25.6 Å². The normalized spacial score (nSPS) is 11.7. The van der Waals surface area contributed by atoms with Crippen LogP contribution >= 0.6 is 0 Å². The minimum absolute atomic E-state index is 0.595. The molecule has 0 atom stereocenters. The SMILES string of the molecule is CCNC(=NCc1cccc(Cn2ccnc2)c1)NCC(C)C. The summed E-state index contributed by atoms with van der Waals surface area (Å²) in [5.74, 6) is 1.47. The molecule has 5 nitrogen and oxygen atoms in total. The number of imidazole rings is 1. The molecule has 0 radical (unpaired) electrons. The minimum atomic E-state index is 0.595. The molecule has 0 aliphatic carbocycles. The van der Waals surface area contributed by atoms with Crippen molar-refractivity contribution in [3.63, 3.8) is 0 Å². The summed E-state index contributed by atoms with van der Waals surface area (Å²) < 4.78 is 2.07. The molecule has 2 aromatic rings. The third kappa shape index (κ3) is 6.14. The van der Waals surface area contributed by atoms with Gasteiger partial charge in [-0.25, -0.2) is 9.98 Å². The Morgan fingerprint density at radius 1 is 1.26 bits per heavy atom. The Bertz CT molecular complexity index is 602. The number of hydrogen-bond acceptors (Lipinski definition) is 2. The number of nitrogens with one attached hydrogen (secondary N) is 2. The van der Waals surface area contributed by atoms with E-state index in [1.54, 1.807) is 6.20 Å². The summed E-state index contributed by atoms with van der Waals surface area (Å²) in [5.41, 5.74) is 2.47. The second-order valence-corrected chi connectivity index (χ2v) is 6.02. The Hall–Kier alpha value is -2.30. The lowest BCUT2D eigenvalue weighted by atomic mass is 10.1. The standard InChI is InChI=1S/C18H27N5/c1-4-20-18(21-11-15(2)3)22-12-16-6-5-7-17(10-16)13-23-9-8-19-14-23/h5-10,14-15H,4,11-13H2,1-3H3,(H2,20,21,22). The van der Waals surface area contributed by atoms with Gasteiger partial charge in [0.05, 0.1) is 12.9 Å². The van der Waals surface area contributed by atoms with Crippen LogP contribution in [-0.4, -0.2) is 28.6 Å². The van der Waals surface area contributed by atoms with Crippen LogP contribution in [0.2, 0.25) is 0 Å². The summed E-state index contributed by atoms with van der Waals surface area (Å²) in [6, 6.07) is 8.55. The van der Waals surface area contributed by atoms with Gasteiger partial charge in [-0.3, -0.25) is 0 Å². The van der Waals surface area contributed by atoms with Crippen LogP contribution in [0.1, 0.15) is 31.9 Å². The largest absolute Gasteiger partial charge is 0.357 e. The van der Waals surface area contributed by atoms with Gasteiger partial charge in [0.15, 0.2) is 5.96 Å². The van der Waals surface area contributed by atoms with E-state index in [2.05, 4.69) is 70.2 Å². The quantitative estimate of drug-likeness (QED) is 0.610. The number of aliphatic imine (C=N–C) groups is 1. The Balaban J connectivity index is 1.98. The number of benzene rings is 1. The first kappa shape index (κ1) is 17.1. The zero-order valence-corrected chi connectivity index (χ0v) is 14.3. The molecule has 0 fully saturated rings. The van der Waals surface area contributed by atoms with Gasteiger partial charge in [-0.2, -0.15) is 0 Å². The topological polar surface area (TPSA) is 54.2 Å². The fraction of sp³-hybridized carbons (Fsp3) is 0.444. The zero-order valence-electron chi connectivity index (χ0n) is 14.3. The highest BCUT2D eigenvalue weighted by molar-refractivity contribution is 5.79. The maximum Gasteiger partial charge on any atom is 0.191 e. The van der Waals surface area contributed by atoms with Crippen molar-refractivity contribution in [3.05, 3.63) is 54.1 Å². The molecule has 0 saturated carbocycles. The molecule has 0 spiro atoms. The Morgan fingerprint density at radius 2 is 2.09 bits per heavy atom. The molecule has 124 valence electrons. The van der Waals surface area contributed by atoms with Crippen LogP contribution in [0.15, 0.2) is 48.0 Å². The molecule has 0 aliphatic heterocycles. The van der Waals surface area contributed by atoms with E-state index in [1.165, 1.54) is 11.1 Å². The number of hydrogen-bond donors (Lipinski definition) is 2. The summed E-state index contributed by atoms with van der Waals surface area (Å²) in [7, 11) is 0. The van der Waals surface area contributed by atoms with Crippen LogP contribution in [0, 0.1) is 5.92 Å². The van der Waals surface area contributed by atoms with Gasteiger partial charge in [0.2, 0.25) is 0 Å². The fourth-order valence-electron chi connectivity index (χ4n) is 2.23. The van der Waals surface area contributed by atoms with Crippen LogP contribution < -0.4 is 10.6 Å². The molecular formula is C18H27N5. The lowest BCUT2D eigenvalue weighted by Gasteiger charge is -2.13. The maximum atomic E-state index is 4.67. The van der Waals surface area contributed by atoms with Crippen molar-refractivity contribution in [2.45, 2.75) is 33.9 Å². The second kappa shape index (κ2) is 8.98. The van der Waals surface area contributed by atoms with Gasteiger partial charge in [-0.05, 0) is 24.0 Å². The molecule has 1 aromatic heterocycles. The van der Waals surface area contributed by atoms with Gasteiger partial charge >= 0.3 is 0 Å². The van der Waals surface area contributed by atoms with Crippen LogP contribution in [0.25, 0.3) is 0 Å². The van der Waals surface area contributed by atoms with Crippen molar-refractivity contribution in [2.24, 2.45) is 10.9 Å². The van der Waals surface area contributed by atoms with Crippen molar-refractivity contribution < 1.29 is 0 Å². The number of guanidine groups is 1. The van der Waals surface area contributed by atoms with E-state index in [0.29, 0.717) is 12.5 Å². The summed E-state index contributed by atoms with van der Waals surface area (Å²) in [6.07, 6.45) is 5.62. The lowest BCUT2D eigenvalue weighted by molar-refractivity contribution is 0.615. The minimum Gasteiger partial charge on any atom is -0.357 e. The van der Waals surface area contributed by atoms with E-state index in [-0.39, 0.29) is 0 Å². The molecule has 1 heterocycles. The Labute approximate surface area is 138 Å². The number of nitrogens with zero attached hydrogens (tertiary/aromatic N) is 3. The predicted molar refractivity (Wildman–Crippen MR) is 95.4 cm³/mol. The lowest BCUT2D eigenvalue weighted by Crippen LogP contribution is -2.39. The highest BCUT2D eigenvalue weighted by Gasteiger charge is 2.01. The third-order valence-electron chi connectivity index (χ3n) is 3.36. The van der Waals surface area contributed by atoms with Crippen molar-refractivity contribution in [1.82, 2.24) is 20.2 Å². The fourth-order valence-corrected chi connectivity index (χ4v) is 2.23. The van der Waals surface area contributed by atoms with E-state index < -0.39 is 0 Å². The second-order valence-electron chi connectivity index (χ2n) is 6.02. The molecule has 2 rings (SSSR count). The van der Waals surface area contributed by atoms with Crippen LogP contribution in [0.4, 0.5) is 0 Å². The Kier molecular flexibility index (Phi) is 6.66. The van der Waals surface area contributed by atoms with Crippen molar-refractivity contribution in [2.75, 3.05) is 13.1 Å². The van der Waals surface area contributed by atoms with Crippen molar-refractivity contribution >= 4 is 5.96 Å². The monoisotopic (exact) mass is 313 g/mol. The van der Waals surface area contributed by atoms with Crippen LogP contribution in [0.3, 0.4) is 0 Å². The summed E-state index contributed by atoms with van der Waals surface area (Å²) in [5, 5.41) is 6.65. The molecule has 0 bridgehead atoms. The van der Waals surface area contributed by atoms with E-state index in [1.807, 2.05) is 12.5 Å². The van der Waals surface area contributed by atoms with Crippen molar-refractivity contribution in [3.8, 4) is 0 Å². The molecule has 2 N–H and O–H groups in total.